The standard InChI is InChI=1S/C18H22N2O2/c1-18(21)10-2-4-13(12-18)16-5-3-11-20-17(16)22-15-8-6-14(19)7-9-15/h3,5-9,11,13,21H,2,4,10,12,19H2,1H3/t13?,18-/m1/s1. The summed E-state index contributed by atoms with van der Waals surface area (Å²) in [4.78, 5) is 4.38. The molecule has 0 radical (unpaired) electrons. The summed E-state index contributed by atoms with van der Waals surface area (Å²) in [6, 6.07) is 11.3. The summed E-state index contributed by atoms with van der Waals surface area (Å²) in [6.45, 7) is 1.91. The summed E-state index contributed by atoms with van der Waals surface area (Å²) in [5.41, 5.74) is 6.87. The van der Waals surface area contributed by atoms with Crippen LogP contribution in [0.25, 0.3) is 0 Å². The van der Waals surface area contributed by atoms with Crippen molar-refractivity contribution in [3.8, 4) is 11.6 Å². The van der Waals surface area contributed by atoms with Gasteiger partial charge in [-0.1, -0.05) is 6.07 Å². The van der Waals surface area contributed by atoms with E-state index in [2.05, 4.69) is 4.98 Å². The first-order valence-corrected chi connectivity index (χ1v) is 7.74. The van der Waals surface area contributed by atoms with Crippen LogP contribution in [0.3, 0.4) is 0 Å². The maximum atomic E-state index is 10.3. The van der Waals surface area contributed by atoms with Crippen molar-refractivity contribution in [2.75, 3.05) is 5.73 Å². The topological polar surface area (TPSA) is 68.4 Å². The number of pyridine rings is 1. The summed E-state index contributed by atoms with van der Waals surface area (Å²) in [7, 11) is 0. The number of anilines is 1. The van der Waals surface area contributed by atoms with Gasteiger partial charge in [-0.15, -0.1) is 0 Å². The molecule has 4 heteroatoms. The van der Waals surface area contributed by atoms with Crippen molar-refractivity contribution < 1.29 is 9.84 Å². The summed E-state index contributed by atoms with van der Waals surface area (Å²) in [5, 5.41) is 10.3. The van der Waals surface area contributed by atoms with Gasteiger partial charge in [0, 0.05) is 17.4 Å². The van der Waals surface area contributed by atoms with Crippen LogP contribution >= 0.6 is 0 Å². The highest BCUT2D eigenvalue weighted by molar-refractivity contribution is 5.43. The van der Waals surface area contributed by atoms with E-state index < -0.39 is 5.60 Å². The van der Waals surface area contributed by atoms with Gasteiger partial charge in [-0.05, 0) is 68.9 Å². The maximum absolute atomic E-state index is 10.3. The molecular weight excluding hydrogens is 276 g/mol. The molecule has 4 nitrogen and oxygen atoms in total. The highest BCUT2D eigenvalue weighted by Crippen LogP contribution is 2.41. The van der Waals surface area contributed by atoms with Gasteiger partial charge < -0.3 is 15.6 Å². The number of aliphatic hydroxyl groups is 1. The van der Waals surface area contributed by atoms with Gasteiger partial charge in [-0.2, -0.15) is 0 Å². The number of hydrogen-bond donors (Lipinski definition) is 2. The van der Waals surface area contributed by atoms with Gasteiger partial charge in [-0.3, -0.25) is 0 Å². The fourth-order valence-electron chi connectivity index (χ4n) is 3.18. The summed E-state index contributed by atoms with van der Waals surface area (Å²) < 4.78 is 5.94. The molecule has 1 aromatic heterocycles. The molecule has 2 aromatic rings. The molecule has 116 valence electrons. The number of nitrogens with two attached hydrogens (primary N) is 1. The third kappa shape index (κ3) is 3.39. The molecule has 1 aliphatic carbocycles. The van der Waals surface area contributed by atoms with Crippen molar-refractivity contribution in [1.82, 2.24) is 4.98 Å². The molecular formula is C18H22N2O2. The molecule has 1 aromatic carbocycles. The van der Waals surface area contributed by atoms with Gasteiger partial charge >= 0.3 is 0 Å². The highest BCUT2D eigenvalue weighted by Gasteiger charge is 2.32. The fraction of sp³-hybridized carbons (Fsp3) is 0.389. The normalized spacial score (nSPS) is 24.9. The van der Waals surface area contributed by atoms with E-state index in [1.165, 1.54) is 0 Å². The lowest BCUT2D eigenvalue weighted by Crippen LogP contribution is -2.30. The van der Waals surface area contributed by atoms with Crippen LogP contribution in [0.5, 0.6) is 11.6 Å². The molecule has 1 saturated carbocycles. The Kier molecular flexibility index (Phi) is 4.03. The molecule has 0 saturated heterocycles. The Morgan fingerprint density at radius 2 is 2.05 bits per heavy atom. The number of aromatic nitrogens is 1. The summed E-state index contributed by atoms with van der Waals surface area (Å²) in [5.74, 6) is 1.62. The number of benzene rings is 1. The number of rotatable bonds is 3. The third-order valence-electron chi connectivity index (χ3n) is 4.29. The average Bonchev–Trinajstić information content (AvgIpc) is 2.49. The van der Waals surface area contributed by atoms with E-state index in [1.54, 1.807) is 6.20 Å². The van der Waals surface area contributed by atoms with Crippen LogP contribution in [-0.4, -0.2) is 15.7 Å². The molecule has 0 spiro atoms. The predicted octanol–water partition coefficient (Wildman–Crippen LogP) is 3.86. The average molecular weight is 298 g/mol. The first kappa shape index (κ1) is 14.9. The Morgan fingerprint density at radius 3 is 2.77 bits per heavy atom. The van der Waals surface area contributed by atoms with Crippen LogP contribution in [0.2, 0.25) is 0 Å². The smallest absolute Gasteiger partial charge is 0.222 e. The number of ether oxygens (including phenoxy) is 1. The molecule has 2 atom stereocenters. The molecule has 3 N–H and O–H groups in total. The molecule has 0 aliphatic heterocycles. The summed E-state index contributed by atoms with van der Waals surface area (Å²) >= 11 is 0. The minimum Gasteiger partial charge on any atom is -0.439 e. The van der Waals surface area contributed by atoms with Crippen molar-refractivity contribution in [1.29, 1.82) is 0 Å². The summed E-state index contributed by atoms with van der Waals surface area (Å²) in [6.07, 6.45) is 5.42. The lowest BCUT2D eigenvalue weighted by Gasteiger charge is -2.34. The van der Waals surface area contributed by atoms with E-state index in [-0.39, 0.29) is 5.92 Å². The quantitative estimate of drug-likeness (QED) is 0.844. The Balaban J connectivity index is 1.85. The zero-order valence-electron chi connectivity index (χ0n) is 12.8. The van der Waals surface area contributed by atoms with E-state index in [0.717, 1.165) is 37.0 Å². The van der Waals surface area contributed by atoms with Gasteiger partial charge in [0.2, 0.25) is 5.88 Å². The van der Waals surface area contributed by atoms with Crippen LogP contribution < -0.4 is 10.5 Å². The van der Waals surface area contributed by atoms with E-state index in [4.69, 9.17) is 10.5 Å². The van der Waals surface area contributed by atoms with Crippen molar-refractivity contribution in [2.24, 2.45) is 0 Å². The lowest BCUT2D eigenvalue weighted by atomic mass is 9.76. The Hall–Kier alpha value is -2.07. The van der Waals surface area contributed by atoms with Crippen molar-refractivity contribution in [3.63, 3.8) is 0 Å². The second-order valence-corrected chi connectivity index (χ2v) is 6.36. The second kappa shape index (κ2) is 5.97. The second-order valence-electron chi connectivity index (χ2n) is 6.36. The molecule has 3 rings (SSSR count). The van der Waals surface area contributed by atoms with Crippen LogP contribution in [0, 0.1) is 0 Å². The minimum absolute atomic E-state index is 0.279. The van der Waals surface area contributed by atoms with Gasteiger partial charge in [0.05, 0.1) is 5.60 Å². The first-order valence-electron chi connectivity index (χ1n) is 7.74. The molecule has 22 heavy (non-hydrogen) atoms. The predicted molar refractivity (Wildman–Crippen MR) is 87.0 cm³/mol. The molecule has 1 unspecified atom stereocenters. The Labute approximate surface area is 131 Å². The molecule has 0 bridgehead atoms. The van der Waals surface area contributed by atoms with E-state index in [1.807, 2.05) is 43.3 Å². The lowest BCUT2D eigenvalue weighted by molar-refractivity contribution is 0.0142. The van der Waals surface area contributed by atoms with Crippen LogP contribution in [0.1, 0.15) is 44.1 Å². The van der Waals surface area contributed by atoms with E-state index >= 15 is 0 Å². The van der Waals surface area contributed by atoms with Crippen molar-refractivity contribution >= 4 is 5.69 Å². The van der Waals surface area contributed by atoms with Crippen molar-refractivity contribution in [3.05, 3.63) is 48.2 Å². The highest BCUT2D eigenvalue weighted by atomic mass is 16.5. The monoisotopic (exact) mass is 298 g/mol. The van der Waals surface area contributed by atoms with Gasteiger partial charge in [0.25, 0.3) is 0 Å². The molecule has 0 amide bonds. The zero-order chi connectivity index (χ0) is 15.6. The number of hydrogen-bond acceptors (Lipinski definition) is 4. The maximum Gasteiger partial charge on any atom is 0.222 e. The zero-order valence-corrected chi connectivity index (χ0v) is 12.8. The SMILES string of the molecule is C[C@@]1(O)CCCC(c2cccnc2Oc2ccc(N)cc2)C1. The van der Waals surface area contributed by atoms with Gasteiger partial charge in [0.15, 0.2) is 0 Å². The van der Waals surface area contributed by atoms with Crippen molar-refractivity contribution in [2.45, 2.75) is 44.1 Å². The van der Waals surface area contributed by atoms with Crippen LogP contribution in [-0.2, 0) is 0 Å². The van der Waals surface area contributed by atoms with Crippen LogP contribution in [0.4, 0.5) is 5.69 Å². The molecule has 1 fully saturated rings. The van der Waals surface area contributed by atoms with E-state index in [0.29, 0.717) is 11.6 Å². The first-order chi connectivity index (χ1) is 10.5. The van der Waals surface area contributed by atoms with E-state index in [9.17, 15) is 5.11 Å². The van der Waals surface area contributed by atoms with Gasteiger partial charge in [-0.25, -0.2) is 4.98 Å². The largest absolute Gasteiger partial charge is 0.439 e. The minimum atomic E-state index is -0.600. The number of nitrogen functional groups attached to an aromatic ring is 1. The van der Waals surface area contributed by atoms with Gasteiger partial charge in [0.1, 0.15) is 5.75 Å². The Bertz CT molecular complexity index is 638. The molecule has 1 aliphatic rings. The molecule has 1 heterocycles. The van der Waals surface area contributed by atoms with Crippen LogP contribution in [0.15, 0.2) is 42.6 Å². The third-order valence-corrected chi connectivity index (χ3v) is 4.29. The Morgan fingerprint density at radius 1 is 1.27 bits per heavy atom. The number of nitrogens with zero attached hydrogens (tertiary/aromatic N) is 1. The fourth-order valence-corrected chi connectivity index (χ4v) is 3.18.